The van der Waals surface area contributed by atoms with Gasteiger partial charge in [-0.25, -0.2) is 4.79 Å². The third kappa shape index (κ3) is 3.85. The molecule has 0 unspecified atom stereocenters. The summed E-state index contributed by atoms with van der Waals surface area (Å²) in [5, 5.41) is 4.06. The first kappa shape index (κ1) is 16.5. The van der Waals surface area contributed by atoms with Crippen molar-refractivity contribution in [3.8, 4) is 0 Å². The van der Waals surface area contributed by atoms with Crippen LogP contribution in [0, 0.1) is 0 Å². The predicted octanol–water partition coefficient (Wildman–Crippen LogP) is 3.28. The molecule has 0 aliphatic heterocycles. The second kappa shape index (κ2) is 6.47. The van der Waals surface area contributed by atoms with Gasteiger partial charge in [-0.3, -0.25) is 9.67 Å². The Labute approximate surface area is 132 Å². The molecule has 0 amide bonds. The summed E-state index contributed by atoms with van der Waals surface area (Å²) in [6.45, 7) is 2.10. The third-order valence-electron chi connectivity index (χ3n) is 2.67. The van der Waals surface area contributed by atoms with Crippen molar-refractivity contribution >= 4 is 21.9 Å². The Bertz CT molecular complexity index is 668. The molecule has 22 heavy (non-hydrogen) atoms. The smallest absolute Gasteiger partial charge is 0.433 e. The summed E-state index contributed by atoms with van der Waals surface area (Å²) >= 11 is 3.14. The molecule has 2 heterocycles. The van der Waals surface area contributed by atoms with E-state index in [4.69, 9.17) is 4.74 Å². The van der Waals surface area contributed by atoms with E-state index in [0.717, 1.165) is 12.3 Å². The molecular weight excluding hydrogens is 367 g/mol. The van der Waals surface area contributed by atoms with Gasteiger partial charge in [0.05, 0.1) is 13.2 Å². The topological polar surface area (TPSA) is 57.0 Å². The molecule has 0 aliphatic carbocycles. The van der Waals surface area contributed by atoms with Gasteiger partial charge in [-0.05, 0) is 34.5 Å². The first-order valence-electron chi connectivity index (χ1n) is 6.23. The Morgan fingerprint density at radius 2 is 2.14 bits per heavy atom. The lowest BCUT2D eigenvalue weighted by Crippen LogP contribution is -2.08. The molecular formula is C13H11BrF3N3O2. The molecule has 0 atom stereocenters. The van der Waals surface area contributed by atoms with E-state index in [1.54, 1.807) is 6.92 Å². The van der Waals surface area contributed by atoms with Crippen LogP contribution in [0.25, 0.3) is 0 Å². The highest BCUT2D eigenvalue weighted by molar-refractivity contribution is 9.10. The predicted molar refractivity (Wildman–Crippen MR) is 74.2 cm³/mol. The van der Waals surface area contributed by atoms with E-state index in [-0.39, 0.29) is 18.7 Å². The highest BCUT2D eigenvalue weighted by Crippen LogP contribution is 2.27. The zero-order chi connectivity index (χ0) is 16.3. The van der Waals surface area contributed by atoms with Gasteiger partial charge in [0.15, 0.2) is 0 Å². The van der Waals surface area contributed by atoms with Crippen LogP contribution in [-0.4, -0.2) is 27.3 Å². The Morgan fingerprint density at radius 1 is 1.41 bits per heavy atom. The van der Waals surface area contributed by atoms with Crippen LogP contribution in [0.2, 0.25) is 0 Å². The van der Waals surface area contributed by atoms with E-state index in [1.807, 2.05) is 0 Å². The summed E-state index contributed by atoms with van der Waals surface area (Å²) in [5.41, 5.74) is -0.176. The van der Waals surface area contributed by atoms with Gasteiger partial charge in [-0.2, -0.15) is 18.3 Å². The molecule has 5 nitrogen and oxygen atoms in total. The maximum atomic E-state index is 12.4. The number of halogens is 4. The monoisotopic (exact) mass is 377 g/mol. The minimum absolute atomic E-state index is 0.184. The van der Waals surface area contributed by atoms with Crippen LogP contribution in [-0.2, 0) is 17.5 Å². The molecule has 9 heteroatoms. The number of esters is 1. The van der Waals surface area contributed by atoms with Crippen LogP contribution >= 0.6 is 15.9 Å². The van der Waals surface area contributed by atoms with Crippen LogP contribution in [0.4, 0.5) is 13.2 Å². The average Bonchev–Trinajstić information content (AvgIpc) is 2.79. The summed E-state index contributed by atoms with van der Waals surface area (Å²) in [6.07, 6.45) is -1.88. The normalized spacial score (nSPS) is 11.5. The van der Waals surface area contributed by atoms with Gasteiger partial charge in [-0.1, -0.05) is 6.07 Å². The van der Waals surface area contributed by atoms with Gasteiger partial charge >= 0.3 is 12.1 Å². The van der Waals surface area contributed by atoms with Gasteiger partial charge in [0.1, 0.15) is 15.9 Å². The SMILES string of the molecule is CCOC(=O)c1cn(Cc2ccc(C(F)(F)F)nc2)nc1Br. The highest BCUT2D eigenvalue weighted by atomic mass is 79.9. The average molecular weight is 378 g/mol. The third-order valence-corrected chi connectivity index (χ3v) is 3.26. The summed E-state index contributed by atoms with van der Waals surface area (Å²) < 4.78 is 43.9. The van der Waals surface area contributed by atoms with Gasteiger partial charge < -0.3 is 4.74 Å². The molecule has 0 aromatic carbocycles. The Morgan fingerprint density at radius 3 is 2.68 bits per heavy atom. The van der Waals surface area contributed by atoms with Gasteiger partial charge in [0.25, 0.3) is 0 Å². The molecule has 0 radical (unpaired) electrons. The molecule has 118 valence electrons. The van der Waals surface area contributed by atoms with Crippen molar-refractivity contribution < 1.29 is 22.7 Å². The van der Waals surface area contributed by atoms with Crippen molar-refractivity contribution in [2.24, 2.45) is 0 Å². The van der Waals surface area contributed by atoms with Crippen molar-refractivity contribution in [3.63, 3.8) is 0 Å². The number of pyridine rings is 1. The van der Waals surface area contributed by atoms with Crippen LogP contribution < -0.4 is 0 Å². The van der Waals surface area contributed by atoms with E-state index >= 15 is 0 Å². The number of nitrogens with zero attached hydrogens (tertiary/aromatic N) is 3. The van der Waals surface area contributed by atoms with Crippen molar-refractivity contribution in [2.45, 2.75) is 19.6 Å². The fourth-order valence-corrected chi connectivity index (χ4v) is 2.17. The minimum atomic E-state index is -4.47. The standard InChI is InChI=1S/C13H11BrF3N3O2/c1-2-22-12(21)9-7-20(19-11(9)14)6-8-3-4-10(18-5-8)13(15,16)17/h3-5,7H,2,6H2,1H3. The van der Waals surface area contributed by atoms with Crippen LogP contribution in [0.5, 0.6) is 0 Å². The van der Waals surface area contributed by atoms with Crippen molar-refractivity contribution in [3.05, 3.63) is 46.0 Å². The highest BCUT2D eigenvalue weighted by Gasteiger charge is 2.32. The fourth-order valence-electron chi connectivity index (χ4n) is 1.70. The van der Waals surface area contributed by atoms with Crippen molar-refractivity contribution in [1.82, 2.24) is 14.8 Å². The van der Waals surface area contributed by atoms with Crippen LogP contribution in [0.15, 0.2) is 29.1 Å². The summed E-state index contributed by atoms with van der Waals surface area (Å²) in [5.74, 6) is -0.522. The summed E-state index contributed by atoms with van der Waals surface area (Å²) in [6, 6.07) is 2.22. The largest absolute Gasteiger partial charge is 0.462 e. The van der Waals surface area contributed by atoms with Crippen LogP contribution in [0.3, 0.4) is 0 Å². The molecule has 2 aromatic rings. The number of hydrogen-bond acceptors (Lipinski definition) is 4. The molecule has 0 saturated carbocycles. The second-order valence-corrected chi connectivity index (χ2v) is 5.05. The quantitative estimate of drug-likeness (QED) is 0.767. The Balaban J connectivity index is 2.14. The van der Waals surface area contributed by atoms with Crippen LogP contribution in [0.1, 0.15) is 28.5 Å². The number of carbonyl (C=O) groups is 1. The Hall–Kier alpha value is -1.90. The molecule has 0 aliphatic rings. The number of aromatic nitrogens is 3. The first-order chi connectivity index (χ1) is 10.3. The molecule has 0 N–H and O–H groups in total. The molecule has 0 fully saturated rings. The first-order valence-corrected chi connectivity index (χ1v) is 7.02. The fraction of sp³-hybridized carbons (Fsp3) is 0.308. The lowest BCUT2D eigenvalue weighted by molar-refractivity contribution is -0.141. The Kier molecular flexibility index (Phi) is 4.84. The lowest BCUT2D eigenvalue weighted by Gasteiger charge is -2.06. The number of alkyl halides is 3. The van der Waals surface area contributed by atoms with E-state index in [2.05, 4.69) is 26.0 Å². The summed E-state index contributed by atoms with van der Waals surface area (Å²) in [4.78, 5) is 15.0. The second-order valence-electron chi connectivity index (χ2n) is 4.30. The van der Waals surface area contributed by atoms with E-state index < -0.39 is 17.8 Å². The van der Waals surface area contributed by atoms with E-state index in [0.29, 0.717) is 10.2 Å². The molecule has 0 saturated heterocycles. The zero-order valence-electron chi connectivity index (χ0n) is 11.4. The summed E-state index contributed by atoms with van der Waals surface area (Å²) in [7, 11) is 0. The van der Waals surface area contributed by atoms with Gasteiger partial charge in [0, 0.05) is 12.4 Å². The maximum absolute atomic E-state index is 12.4. The molecule has 0 spiro atoms. The molecule has 2 rings (SSSR count). The maximum Gasteiger partial charge on any atom is 0.433 e. The number of carbonyl (C=O) groups excluding carboxylic acids is 1. The zero-order valence-corrected chi connectivity index (χ0v) is 13.0. The van der Waals surface area contributed by atoms with Crippen molar-refractivity contribution in [1.29, 1.82) is 0 Å². The minimum Gasteiger partial charge on any atom is -0.462 e. The molecule has 2 aromatic heterocycles. The van der Waals surface area contributed by atoms with E-state index in [9.17, 15) is 18.0 Å². The lowest BCUT2D eigenvalue weighted by atomic mass is 10.2. The molecule has 0 bridgehead atoms. The van der Waals surface area contributed by atoms with Crippen molar-refractivity contribution in [2.75, 3.05) is 6.61 Å². The van der Waals surface area contributed by atoms with Gasteiger partial charge in [-0.15, -0.1) is 0 Å². The number of ether oxygens (including phenoxy) is 1. The van der Waals surface area contributed by atoms with E-state index in [1.165, 1.54) is 16.9 Å². The number of rotatable bonds is 4. The number of hydrogen-bond donors (Lipinski definition) is 0. The van der Waals surface area contributed by atoms with Gasteiger partial charge in [0.2, 0.25) is 0 Å².